The van der Waals surface area contributed by atoms with Crippen LogP contribution in [0.2, 0.25) is 0 Å². The Hall–Kier alpha value is -2.15. The molecule has 0 bridgehead atoms. The molecule has 0 atom stereocenters. The van der Waals surface area contributed by atoms with Crippen LogP contribution in [0, 0.1) is 6.92 Å². The van der Waals surface area contributed by atoms with Crippen LogP contribution in [0.15, 0.2) is 53.4 Å². The summed E-state index contributed by atoms with van der Waals surface area (Å²) in [5.74, 6) is 0.0963. The highest BCUT2D eigenvalue weighted by atomic mass is 32.2. The molecule has 0 spiro atoms. The van der Waals surface area contributed by atoms with Gasteiger partial charge in [-0.2, -0.15) is 0 Å². The number of rotatable bonds is 6. The van der Waals surface area contributed by atoms with Crippen molar-refractivity contribution in [2.75, 3.05) is 11.1 Å². The molecule has 0 radical (unpaired) electrons. The first-order chi connectivity index (χ1) is 11.3. The fourth-order valence-electron chi connectivity index (χ4n) is 1.86. The van der Waals surface area contributed by atoms with Gasteiger partial charge in [0.25, 0.3) is 0 Å². The van der Waals surface area contributed by atoms with Gasteiger partial charge in [-0.05, 0) is 43.3 Å². The first-order valence-electron chi connectivity index (χ1n) is 7.17. The number of amides is 1. The summed E-state index contributed by atoms with van der Waals surface area (Å²) in [6.45, 7) is 2.01. The summed E-state index contributed by atoms with van der Waals surface area (Å²) in [5, 5.41) is 2.64. The van der Waals surface area contributed by atoms with Gasteiger partial charge >= 0.3 is 6.36 Å². The van der Waals surface area contributed by atoms with Crippen LogP contribution in [-0.4, -0.2) is 18.0 Å². The molecule has 0 saturated heterocycles. The Bertz CT molecular complexity index is 670. The summed E-state index contributed by atoms with van der Waals surface area (Å²) >= 11 is 1.57. The smallest absolute Gasteiger partial charge is 0.406 e. The normalized spacial score (nSPS) is 11.2. The molecule has 128 valence electrons. The van der Waals surface area contributed by atoms with Crippen molar-refractivity contribution < 1.29 is 22.7 Å². The lowest BCUT2D eigenvalue weighted by Crippen LogP contribution is -2.17. The number of anilines is 1. The van der Waals surface area contributed by atoms with Crippen LogP contribution in [0.5, 0.6) is 5.75 Å². The molecular weight excluding hydrogens is 339 g/mol. The van der Waals surface area contributed by atoms with Crippen LogP contribution in [0.4, 0.5) is 18.9 Å². The van der Waals surface area contributed by atoms with Gasteiger partial charge in [0.05, 0.1) is 0 Å². The van der Waals surface area contributed by atoms with E-state index >= 15 is 0 Å². The second-order valence-corrected chi connectivity index (χ2v) is 6.20. The lowest BCUT2D eigenvalue weighted by Gasteiger charge is -2.10. The monoisotopic (exact) mass is 355 g/mol. The Kier molecular flexibility index (Phi) is 6.14. The van der Waals surface area contributed by atoms with Gasteiger partial charge in [-0.15, -0.1) is 24.9 Å². The second-order valence-electron chi connectivity index (χ2n) is 5.03. The van der Waals surface area contributed by atoms with Gasteiger partial charge in [-0.3, -0.25) is 4.79 Å². The van der Waals surface area contributed by atoms with Crippen LogP contribution in [0.3, 0.4) is 0 Å². The van der Waals surface area contributed by atoms with Crippen molar-refractivity contribution in [1.82, 2.24) is 0 Å². The number of benzene rings is 2. The Morgan fingerprint density at radius 3 is 2.29 bits per heavy atom. The standard InChI is InChI=1S/C17H16F3NO2S/c1-12-2-8-15(9-3-12)24-11-10-16(22)21-13-4-6-14(7-5-13)23-17(18,19)20/h2-9H,10-11H2,1H3,(H,21,22). The molecule has 2 aromatic carbocycles. The Labute approximate surface area is 142 Å². The molecule has 0 heterocycles. The van der Waals surface area contributed by atoms with Gasteiger partial charge < -0.3 is 10.1 Å². The van der Waals surface area contributed by atoms with Crippen LogP contribution in [-0.2, 0) is 4.79 Å². The number of ether oxygens (including phenoxy) is 1. The first-order valence-corrected chi connectivity index (χ1v) is 8.15. The van der Waals surface area contributed by atoms with Gasteiger partial charge in [-0.25, -0.2) is 0 Å². The number of nitrogens with one attached hydrogen (secondary N) is 1. The molecule has 7 heteroatoms. The van der Waals surface area contributed by atoms with Crippen LogP contribution >= 0.6 is 11.8 Å². The molecule has 1 N–H and O–H groups in total. The minimum absolute atomic E-state index is 0.195. The van der Waals surface area contributed by atoms with Crippen molar-refractivity contribution in [3.05, 3.63) is 54.1 Å². The molecule has 24 heavy (non-hydrogen) atoms. The van der Waals surface area contributed by atoms with Gasteiger partial charge in [0, 0.05) is 22.8 Å². The summed E-state index contributed by atoms with van der Waals surface area (Å²) in [4.78, 5) is 12.9. The summed E-state index contributed by atoms with van der Waals surface area (Å²) < 4.78 is 39.9. The molecular formula is C17H16F3NO2S. The van der Waals surface area contributed by atoms with Gasteiger partial charge in [0.2, 0.25) is 5.91 Å². The molecule has 0 saturated carbocycles. The number of carbonyl (C=O) groups excluding carboxylic acids is 1. The maximum absolute atomic E-state index is 12.1. The number of aryl methyl sites for hydroxylation is 1. The van der Waals surface area contributed by atoms with Crippen molar-refractivity contribution >= 4 is 23.4 Å². The average molecular weight is 355 g/mol. The topological polar surface area (TPSA) is 38.3 Å². The average Bonchev–Trinajstić information content (AvgIpc) is 2.50. The van der Waals surface area contributed by atoms with E-state index < -0.39 is 6.36 Å². The van der Waals surface area contributed by atoms with E-state index in [1.54, 1.807) is 11.8 Å². The van der Waals surface area contributed by atoms with E-state index in [1.807, 2.05) is 31.2 Å². The Morgan fingerprint density at radius 1 is 1.08 bits per heavy atom. The number of alkyl halides is 3. The lowest BCUT2D eigenvalue weighted by molar-refractivity contribution is -0.274. The molecule has 0 fully saturated rings. The van der Waals surface area contributed by atoms with E-state index in [9.17, 15) is 18.0 Å². The van der Waals surface area contributed by atoms with Crippen molar-refractivity contribution in [2.24, 2.45) is 0 Å². The maximum atomic E-state index is 12.1. The summed E-state index contributed by atoms with van der Waals surface area (Å²) in [5.41, 5.74) is 1.60. The fourth-order valence-corrected chi connectivity index (χ4v) is 2.71. The van der Waals surface area contributed by atoms with Crippen LogP contribution in [0.1, 0.15) is 12.0 Å². The van der Waals surface area contributed by atoms with Crippen molar-refractivity contribution in [1.29, 1.82) is 0 Å². The van der Waals surface area contributed by atoms with E-state index in [4.69, 9.17) is 0 Å². The third-order valence-corrected chi connectivity index (χ3v) is 4.00. The van der Waals surface area contributed by atoms with E-state index in [2.05, 4.69) is 10.1 Å². The van der Waals surface area contributed by atoms with Crippen molar-refractivity contribution in [2.45, 2.75) is 24.6 Å². The van der Waals surface area contributed by atoms with Gasteiger partial charge in [0.1, 0.15) is 5.75 Å². The highest BCUT2D eigenvalue weighted by Crippen LogP contribution is 2.24. The number of hydrogen-bond acceptors (Lipinski definition) is 3. The fraction of sp³-hybridized carbons (Fsp3) is 0.235. The van der Waals surface area contributed by atoms with E-state index in [0.29, 0.717) is 17.9 Å². The van der Waals surface area contributed by atoms with E-state index in [0.717, 1.165) is 17.0 Å². The SMILES string of the molecule is Cc1ccc(SCCC(=O)Nc2ccc(OC(F)(F)F)cc2)cc1. The highest BCUT2D eigenvalue weighted by Gasteiger charge is 2.30. The molecule has 0 aliphatic heterocycles. The molecule has 3 nitrogen and oxygen atoms in total. The summed E-state index contributed by atoms with van der Waals surface area (Å²) in [6, 6.07) is 13.1. The highest BCUT2D eigenvalue weighted by molar-refractivity contribution is 7.99. The molecule has 0 aliphatic carbocycles. The second kappa shape index (κ2) is 8.10. The predicted molar refractivity (Wildman–Crippen MR) is 88.3 cm³/mol. The number of thioether (sulfide) groups is 1. The van der Waals surface area contributed by atoms with E-state index in [-0.39, 0.29) is 11.7 Å². The number of hydrogen-bond donors (Lipinski definition) is 1. The minimum Gasteiger partial charge on any atom is -0.406 e. The van der Waals surface area contributed by atoms with Crippen molar-refractivity contribution in [3.8, 4) is 5.75 Å². The summed E-state index contributed by atoms with van der Waals surface area (Å²) in [7, 11) is 0. The molecule has 2 aromatic rings. The zero-order valence-corrected chi connectivity index (χ0v) is 13.7. The Balaban J connectivity index is 1.76. The Morgan fingerprint density at radius 2 is 1.71 bits per heavy atom. The largest absolute Gasteiger partial charge is 0.573 e. The predicted octanol–water partition coefficient (Wildman–Crippen LogP) is 5.01. The van der Waals surface area contributed by atoms with E-state index in [1.165, 1.54) is 17.7 Å². The van der Waals surface area contributed by atoms with Crippen LogP contribution in [0.25, 0.3) is 0 Å². The maximum Gasteiger partial charge on any atom is 0.573 e. The van der Waals surface area contributed by atoms with Crippen LogP contribution < -0.4 is 10.1 Å². The van der Waals surface area contributed by atoms with Gasteiger partial charge in [0.15, 0.2) is 0 Å². The third kappa shape index (κ3) is 6.54. The minimum atomic E-state index is -4.72. The molecule has 2 rings (SSSR count). The summed E-state index contributed by atoms with van der Waals surface area (Å²) in [6.07, 6.45) is -4.42. The molecule has 0 aromatic heterocycles. The number of halogens is 3. The van der Waals surface area contributed by atoms with Crippen molar-refractivity contribution in [3.63, 3.8) is 0 Å². The number of carbonyl (C=O) groups is 1. The lowest BCUT2D eigenvalue weighted by atomic mass is 10.2. The third-order valence-electron chi connectivity index (χ3n) is 2.99. The van der Waals surface area contributed by atoms with Gasteiger partial charge in [-0.1, -0.05) is 17.7 Å². The zero-order valence-electron chi connectivity index (χ0n) is 12.9. The molecule has 1 amide bonds. The quantitative estimate of drug-likeness (QED) is 0.740. The molecule has 0 unspecified atom stereocenters. The first kappa shape index (κ1) is 18.2. The zero-order chi connectivity index (χ0) is 17.6. The molecule has 0 aliphatic rings.